The minimum atomic E-state index is -0.610. The smallest absolute Gasteiger partial charge is 0.230 e. The van der Waals surface area contributed by atoms with Crippen molar-refractivity contribution in [3.05, 3.63) is 0 Å². The van der Waals surface area contributed by atoms with E-state index in [0.29, 0.717) is 13.2 Å². The molecule has 0 bridgehead atoms. The summed E-state index contributed by atoms with van der Waals surface area (Å²) in [6.45, 7) is 5.53. The fourth-order valence-corrected chi connectivity index (χ4v) is 1.01. The van der Waals surface area contributed by atoms with E-state index in [4.69, 9.17) is 15.7 Å². The van der Waals surface area contributed by atoms with Gasteiger partial charge < -0.3 is 21.0 Å². The van der Waals surface area contributed by atoms with Crippen molar-refractivity contribution in [1.29, 1.82) is 0 Å². The normalized spacial score (nSPS) is 13.5. The summed E-state index contributed by atoms with van der Waals surface area (Å²) in [5.74, 6) is -0.938. The van der Waals surface area contributed by atoms with Crippen LogP contribution in [0, 0.1) is 5.92 Å². The van der Waals surface area contributed by atoms with Crippen LogP contribution in [0.2, 0.25) is 0 Å². The van der Waals surface area contributed by atoms with Crippen molar-refractivity contribution in [2.75, 3.05) is 19.8 Å². The molecule has 6 nitrogen and oxygen atoms in total. The molecule has 0 heterocycles. The van der Waals surface area contributed by atoms with Crippen LogP contribution >= 0.6 is 0 Å². The highest BCUT2D eigenvalue weighted by Gasteiger charge is 2.16. The zero-order valence-corrected chi connectivity index (χ0v) is 9.90. The molecule has 0 spiro atoms. The van der Waals surface area contributed by atoms with Crippen LogP contribution in [0.1, 0.15) is 26.7 Å². The molecular formula is C10H21N3O3. The molecule has 6 heteroatoms. The van der Waals surface area contributed by atoms with Gasteiger partial charge in [-0.15, -0.1) is 0 Å². The van der Waals surface area contributed by atoms with Crippen molar-refractivity contribution in [3.63, 3.8) is 0 Å². The maximum Gasteiger partial charge on any atom is 0.230 e. The highest BCUT2D eigenvalue weighted by Crippen LogP contribution is 1.94. The van der Waals surface area contributed by atoms with E-state index < -0.39 is 5.92 Å². The van der Waals surface area contributed by atoms with Crippen LogP contribution in [0.5, 0.6) is 0 Å². The van der Waals surface area contributed by atoms with Gasteiger partial charge in [0.05, 0.1) is 5.92 Å². The SMILES string of the molecule is CCCOCCCNC(=O)C(C)C(N)=NO. The average Bonchev–Trinajstić information content (AvgIpc) is 2.31. The number of hydrogen-bond donors (Lipinski definition) is 3. The molecule has 0 fully saturated rings. The Bertz CT molecular complexity index is 231. The minimum absolute atomic E-state index is 0.0836. The van der Waals surface area contributed by atoms with Crippen molar-refractivity contribution in [2.45, 2.75) is 26.7 Å². The first kappa shape index (κ1) is 14.7. The average molecular weight is 231 g/mol. The molecule has 0 aromatic rings. The molecule has 0 saturated heterocycles. The number of nitrogens with zero attached hydrogens (tertiary/aromatic N) is 1. The van der Waals surface area contributed by atoms with Crippen molar-refractivity contribution in [1.82, 2.24) is 5.32 Å². The van der Waals surface area contributed by atoms with Crippen molar-refractivity contribution < 1.29 is 14.7 Å². The number of amides is 1. The van der Waals surface area contributed by atoms with Crippen LogP contribution in [-0.2, 0) is 9.53 Å². The Balaban J connectivity index is 3.58. The topological polar surface area (TPSA) is 96.9 Å². The molecule has 1 amide bonds. The fraction of sp³-hybridized carbons (Fsp3) is 0.800. The van der Waals surface area contributed by atoms with E-state index in [2.05, 4.69) is 10.5 Å². The highest BCUT2D eigenvalue weighted by atomic mass is 16.5. The van der Waals surface area contributed by atoms with E-state index in [1.165, 1.54) is 0 Å². The van der Waals surface area contributed by atoms with Gasteiger partial charge in [0.25, 0.3) is 0 Å². The second kappa shape index (κ2) is 8.96. The quantitative estimate of drug-likeness (QED) is 0.184. The molecule has 0 aliphatic carbocycles. The highest BCUT2D eigenvalue weighted by molar-refractivity contribution is 6.01. The van der Waals surface area contributed by atoms with Gasteiger partial charge in [-0.2, -0.15) is 0 Å². The molecule has 16 heavy (non-hydrogen) atoms. The first-order valence-corrected chi connectivity index (χ1v) is 5.46. The number of carbonyl (C=O) groups is 1. The predicted molar refractivity (Wildman–Crippen MR) is 61.3 cm³/mol. The number of rotatable bonds is 8. The number of amidine groups is 1. The molecular weight excluding hydrogens is 210 g/mol. The van der Waals surface area contributed by atoms with E-state index in [1.54, 1.807) is 6.92 Å². The Morgan fingerprint density at radius 2 is 2.25 bits per heavy atom. The number of carbonyl (C=O) groups excluding carboxylic acids is 1. The van der Waals surface area contributed by atoms with Crippen LogP contribution in [-0.4, -0.2) is 36.7 Å². The van der Waals surface area contributed by atoms with Crippen LogP contribution < -0.4 is 11.1 Å². The maximum absolute atomic E-state index is 11.4. The first-order valence-electron chi connectivity index (χ1n) is 5.46. The summed E-state index contributed by atoms with van der Waals surface area (Å²) in [7, 11) is 0. The van der Waals surface area contributed by atoms with Gasteiger partial charge in [-0.1, -0.05) is 12.1 Å². The minimum Gasteiger partial charge on any atom is -0.409 e. The molecule has 0 aliphatic rings. The third-order valence-corrected chi connectivity index (χ3v) is 2.07. The lowest BCUT2D eigenvalue weighted by molar-refractivity contribution is -0.122. The zero-order chi connectivity index (χ0) is 12.4. The van der Waals surface area contributed by atoms with Gasteiger partial charge in [0.15, 0.2) is 5.84 Å². The lowest BCUT2D eigenvalue weighted by Crippen LogP contribution is -2.37. The molecule has 4 N–H and O–H groups in total. The van der Waals surface area contributed by atoms with Gasteiger partial charge in [-0.25, -0.2) is 0 Å². The number of hydrogen-bond acceptors (Lipinski definition) is 4. The van der Waals surface area contributed by atoms with E-state index >= 15 is 0 Å². The van der Waals surface area contributed by atoms with E-state index in [9.17, 15) is 4.79 Å². The van der Waals surface area contributed by atoms with Gasteiger partial charge in [0.1, 0.15) is 0 Å². The summed E-state index contributed by atoms with van der Waals surface area (Å²) in [5, 5.41) is 13.9. The van der Waals surface area contributed by atoms with E-state index in [0.717, 1.165) is 19.4 Å². The molecule has 0 aromatic heterocycles. The number of nitrogens with one attached hydrogen (secondary N) is 1. The Kier molecular flexibility index (Phi) is 8.24. The molecule has 1 atom stereocenters. The molecule has 0 radical (unpaired) electrons. The van der Waals surface area contributed by atoms with Gasteiger partial charge in [-0.3, -0.25) is 4.79 Å². The third-order valence-electron chi connectivity index (χ3n) is 2.07. The van der Waals surface area contributed by atoms with Gasteiger partial charge in [0.2, 0.25) is 5.91 Å². The van der Waals surface area contributed by atoms with Crippen molar-refractivity contribution >= 4 is 11.7 Å². The summed E-state index contributed by atoms with van der Waals surface area (Å²) in [6.07, 6.45) is 1.75. The Morgan fingerprint density at radius 3 is 2.81 bits per heavy atom. The molecule has 0 aromatic carbocycles. The monoisotopic (exact) mass is 231 g/mol. The lowest BCUT2D eigenvalue weighted by atomic mass is 10.1. The van der Waals surface area contributed by atoms with Gasteiger partial charge in [-0.05, 0) is 19.8 Å². The molecule has 1 unspecified atom stereocenters. The van der Waals surface area contributed by atoms with Crippen LogP contribution in [0.3, 0.4) is 0 Å². The second-order valence-corrected chi connectivity index (χ2v) is 3.50. The summed E-state index contributed by atoms with van der Waals surface area (Å²) in [6, 6.07) is 0. The second-order valence-electron chi connectivity index (χ2n) is 3.50. The van der Waals surface area contributed by atoms with Crippen LogP contribution in [0.4, 0.5) is 0 Å². The number of oxime groups is 1. The van der Waals surface area contributed by atoms with Crippen molar-refractivity contribution in [2.24, 2.45) is 16.8 Å². The van der Waals surface area contributed by atoms with Crippen LogP contribution in [0.25, 0.3) is 0 Å². The van der Waals surface area contributed by atoms with Crippen molar-refractivity contribution in [3.8, 4) is 0 Å². The van der Waals surface area contributed by atoms with Gasteiger partial charge in [0, 0.05) is 19.8 Å². The molecule has 94 valence electrons. The lowest BCUT2D eigenvalue weighted by Gasteiger charge is -2.10. The van der Waals surface area contributed by atoms with E-state index in [1.807, 2.05) is 6.92 Å². The fourth-order valence-electron chi connectivity index (χ4n) is 1.01. The third kappa shape index (κ3) is 6.23. The number of nitrogens with two attached hydrogens (primary N) is 1. The summed E-state index contributed by atoms with van der Waals surface area (Å²) in [4.78, 5) is 11.4. The molecule has 0 rings (SSSR count). The Hall–Kier alpha value is -1.30. The largest absolute Gasteiger partial charge is 0.409 e. The van der Waals surface area contributed by atoms with Gasteiger partial charge >= 0.3 is 0 Å². The summed E-state index contributed by atoms with van der Waals surface area (Å²) < 4.78 is 5.25. The Labute approximate surface area is 95.8 Å². The summed E-state index contributed by atoms with van der Waals surface area (Å²) in [5.41, 5.74) is 5.30. The zero-order valence-electron chi connectivity index (χ0n) is 9.90. The first-order chi connectivity index (χ1) is 7.63. The van der Waals surface area contributed by atoms with Crippen LogP contribution in [0.15, 0.2) is 5.16 Å². The number of ether oxygens (including phenoxy) is 1. The standard InChI is InChI=1S/C10H21N3O3/c1-3-6-16-7-4-5-12-10(14)8(2)9(11)13-15/h8,15H,3-7H2,1-2H3,(H2,11,13)(H,12,14). The maximum atomic E-state index is 11.4. The predicted octanol–water partition coefficient (Wildman–Crippen LogP) is 0.302. The Morgan fingerprint density at radius 1 is 1.56 bits per heavy atom. The summed E-state index contributed by atoms with van der Waals surface area (Å²) >= 11 is 0. The molecule has 0 aliphatic heterocycles. The van der Waals surface area contributed by atoms with E-state index in [-0.39, 0.29) is 11.7 Å². The molecule has 0 saturated carbocycles.